The predicted octanol–water partition coefficient (Wildman–Crippen LogP) is 22.5. The Labute approximate surface area is 472 Å². The van der Waals surface area contributed by atoms with Gasteiger partial charge in [-0.25, -0.2) is 0 Å². The van der Waals surface area contributed by atoms with Gasteiger partial charge in [0.2, 0.25) is 0 Å². The van der Waals surface area contributed by atoms with Gasteiger partial charge in [-0.05, 0) is 109 Å². The second kappa shape index (κ2) is 64.4. The molecule has 0 bridgehead atoms. The molecule has 0 amide bonds. The highest BCUT2D eigenvalue weighted by molar-refractivity contribution is 5.71. The monoisotopic (exact) mass is 1060 g/mol. The molecule has 0 heterocycles. The van der Waals surface area contributed by atoms with Crippen molar-refractivity contribution in [3.05, 3.63) is 72.9 Å². The molecule has 0 N–H and O–H groups in total. The van der Waals surface area contributed by atoms with Crippen molar-refractivity contribution in [2.75, 3.05) is 13.2 Å². The summed E-state index contributed by atoms with van der Waals surface area (Å²) >= 11 is 0. The van der Waals surface area contributed by atoms with Crippen LogP contribution in [0.2, 0.25) is 0 Å². The van der Waals surface area contributed by atoms with E-state index in [4.69, 9.17) is 14.2 Å². The number of allylic oxidation sites excluding steroid dienone is 12. The van der Waals surface area contributed by atoms with E-state index in [2.05, 4.69) is 93.7 Å². The highest BCUT2D eigenvalue weighted by Crippen LogP contribution is 2.16. The molecule has 440 valence electrons. The molecule has 0 aromatic rings. The van der Waals surface area contributed by atoms with Crippen LogP contribution in [0.4, 0.5) is 0 Å². The Morgan fingerprint density at radius 2 is 0.500 bits per heavy atom. The van der Waals surface area contributed by atoms with Gasteiger partial charge in [-0.3, -0.25) is 14.4 Å². The van der Waals surface area contributed by atoms with Gasteiger partial charge in [0.25, 0.3) is 0 Å². The minimum Gasteiger partial charge on any atom is -0.462 e. The summed E-state index contributed by atoms with van der Waals surface area (Å²) in [6.45, 7) is 6.58. The first-order chi connectivity index (χ1) is 37.5. The van der Waals surface area contributed by atoms with Crippen LogP contribution >= 0.6 is 0 Å². The zero-order valence-electron chi connectivity index (χ0n) is 50.5. The van der Waals surface area contributed by atoms with Gasteiger partial charge in [0.05, 0.1) is 0 Å². The fourth-order valence-electron chi connectivity index (χ4n) is 9.43. The van der Waals surface area contributed by atoms with Crippen molar-refractivity contribution < 1.29 is 28.6 Å². The lowest BCUT2D eigenvalue weighted by molar-refractivity contribution is -0.167. The van der Waals surface area contributed by atoms with Crippen molar-refractivity contribution in [3.8, 4) is 0 Å². The molecule has 0 radical (unpaired) electrons. The summed E-state index contributed by atoms with van der Waals surface area (Å²) in [7, 11) is 0. The van der Waals surface area contributed by atoms with E-state index in [1.807, 2.05) is 0 Å². The predicted molar refractivity (Wildman–Crippen MR) is 330 cm³/mol. The second-order valence-corrected chi connectivity index (χ2v) is 22.0. The van der Waals surface area contributed by atoms with Gasteiger partial charge in [0, 0.05) is 19.3 Å². The molecule has 1 unspecified atom stereocenters. The van der Waals surface area contributed by atoms with Gasteiger partial charge in [-0.1, -0.05) is 280 Å². The number of rotatable bonds is 60. The standard InChI is InChI=1S/C70H124O6/c1-4-7-10-13-16-19-22-24-26-28-30-32-34-35-37-38-40-42-44-46-48-51-54-57-60-63-69(72)75-66-67(65-74-68(71)62-59-56-53-50-21-18-15-12-9-6-3)76-70(73)64-61-58-55-52-49-47-45-43-41-39-36-33-31-29-27-25-23-20-17-14-11-8-5-2/h12,15,22-25,28-31,34-35,67H,4-11,13-14,16-21,26-27,32-33,36-66H2,1-3H3/b15-12-,24-22-,25-23-,30-28-,31-29-,35-34-. The van der Waals surface area contributed by atoms with E-state index in [1.165, 1.54) is 205 Å². The highest BCUT2D eigenvalue weighted by atomic mass is 16.6. The van der Waals surface area contributed by atoms with Crippen LogP contribution < -0.4 is 0 Å². The van der Waals surface area contributed by atoms with Crippen LogP contribution in [0.15, 0.2) is 72.9 Å². The van der Waals surface area contributed by atoms with Gasteiger partial charge >= 0.3 is 17.9 Å². The number of hydrogen-bond donors (Lipinski definition) is 0. The summed E-state index contributed by atoms with van der Waals surface area (Å²) in [6.07, 6.45) is 83.5. The van der Waals surface area contributed by atoms with E-state index in [0.29, 0.717) is 19.3 Å². The molecule has 0 aliphatic rings. The summed E-state index contributed by atoms with van der Waals surface area (Å²) < 4.78 is 16.9. The van der Waals surface area contributed by atoms with Crippen molar-refractivity contribution in [1.29, 1.82) is 0 Å². The number of esters is 3. The Bertz CT molecular complexity index is 1400. The number of carbonyl (C=O) groups excluding carboxylic acids is 3. The van der Waals surface area contributed by atoms with E-state index in [-0.39, 0.29) is 31.1 Å². The molecule has 0 spiro atoms. The lowest BCUT2D eigenvalue weighted by atomic mass is 10.0. The molecular formula is C70H124O6. The smallest absolute Gasteiger partial charge is 0.306 e. The van der Waals surface area contributed by atoms with Crippen LogP contribution in [0.3, 0.4) is 0 Å². The lowest BCUT2D eigenvalue weighted by Crippen LogP contribution is -2.30. The number of carbonyl (C=O) groups is 3. The highest BCUT2D eigenvalue weighted by Gasteiger charge is 2.19. The van der Waals surface area contributed by atoms with Crippen molar-refractivity contribution in [3.63, 3.8) is 0 Å². The summed E-state index contributed by atoms with van der Waals surface area (Å²) in [5.41, 5.74) is 0. The van der Waals surface area contributed by atoms with E-state index in [0.717, 1.165) is 89.9 Å². The van der Waals surface area contributed by atoms with Crippen LogP contribution in [0.1, 0.15) is 335 Å². The lowest BCUT2D eigenvalue weighted by Gasteiger charge is -2.18. The van der Waals surface area contributed by atoms with Crippen LogP contribution in [0, 0.1) is 0 Å². The minimum atomic E-state index is -0.782. The maximum Gasteiger partial charge on any atom is 0.306 e. The Morgan fingerprint density at radius 3 is 0.803 bits per heavy atom. The average molecular weight is 1060 g/mol. The van der Waals surface area contributed by atoms with Gasteiger partial charge in [-0.2, -0.15) is 0 Å². The summed E-state index contributed by atoms with van der Waals surface area (Å²) in [6, 6.07) is 0. The first-order valence-corrected chi connectivity index (χ1v) is 32.9. The van der Waals surface area contributed by atoms with Crippen molar-refractivity contribution in [2.45, 2.75) is 341 Å². The Hall–Kier alpha value is -3.15. The molecule has 0 aromatic heterocycles. The molecule has 0 aliphatic heterocycles. The SMILES string of the molecule is CCC/C=C\CCCCCCCC(=O)OCC(COC(=O)CCCCCCCCCCCC/C=C\C/C=C\C/C=C\CCCCCCC)OC(=O)CCCCCCCCCCCCC/C=C\C/C=C\CCCCCCC. The van der Waals surface area contributed by atoms with E-state index in [1.54, 1.807) is 0 Å². The minimum absolute atomic E-state index is 0.0795. The Kier molecular flexibility index (Phi) is 61.7. The van der Waals surface area contributed by atoms with Crippen molar-refractivity contribution in [1.82, 2.24) is 0 Å². The molecule has 0 saturated heterocycles. The fourth-order valence-corrected chi connectivity index (χ4v) is 9.43. The van der Waals surface area contributed by atoms with E-state index in [9.17, 15) is 14.4 Å². The maximum atomic E-state index is 12.9. The maximum absolute atomic E-state index is 12.9. The molecule has 76 heavy (non-hydrogen) atoms. The molecule has 0 aliphatic carbocycles. The molecule has 1 atom stereocenters. The summed E-state index contributed by atoms with van der Waals surface area (Å²) in [4.78, 5) is 38.3. The van der Waals surface area contributed by atoms with Crippen molar-refractivity contribution >= 4 is 17.9 Å². The average Bonchev–Trinajstić information content (AvgIpc) is 3.42. The Balaban J connectivity index is 4.24. The molecule has 0 aromatic carbocycles. The first-order valence-electron chi connectivity index (χ1n) is 32.9. The topological polar surface area (TPSA) is 78.9 Å². The number of ether oxygens (including phenoxy) is 3. The molecular weight excluding hydrogens is 937 g/mol. The third-order valence-electron chi connectivity index (χ3n) is 14.4. The molecule has 6 nitrogen and oxygen atoms in total. The van der Waals surface area contributed by atoms with Crippen LogP contribution in [0.25, 0.3) is 0 Å². The Morgan fingerprint density at radius 1 is 0.263 bits per heavy atom. The summed E-state index contributed by atoms with van der Waals surface area (Å²) in [5, 5.41) is 0. The normalized spacial score (nSPS) is 12.5. The zero-order valence-corrected chi connectivity index (χ0v) is 50.5. The van der Waals surface area contributed by atoms with Crippen LogP contribution in [0.5, 0.6) is 0 Å². The van der Waals surface area contributed by atoms with Crippen molar-refractivity contribution in [2.24, 2.45) is 0 Å². The first kappa shape index (κ1) is 72.8. The van der Waals surface area contributed by atoms with Gasteiger partial charge < -0.3 is 14.2 Å². The van der Waals surface area contributed by atoms with Gasteiger partial charge in [0.15, 0.2) is 6.10 Å². The van der Waals surface area contributed by atoms with Gasteiger partial charge in [-0.15, -0.1) is 0 Å². The fraction of sp³-hybridized carbons (Fsp3) is 0.786. The molecule has 6 heteroatoms. The van der Waals surface area contributed by atoms with Crippen LogP contribution in [-0.4, -0.2) is 37.2 Å². The molecule has 0 saturated carbocycles. The largest absolute Gasteiger partial charge is 0.462 e. The molecule has 0 fully saturated rings. The number of unbranched alkanes of at least 4 members (excludes halogenated alkanes) is 37. The second-order valence-electron chi connectivity index (χ2n) is 22.0. The van der Waals surface area contributed by atoms with E-state index < -0.39 is 6.10 Å². The number of hydrogen-bond acceptors (Lipinski definition) is 6. The van der Waals surface area contributed by atoms with Crippen LogP contribution in [-0.2, 0) is 28.6 Å². The summed E-state index contributed by atoms with van der Waals surface area (Å²) in [5.74, 6) is -0.883. The quantitative estimate of drug-likeness (QED) is 0.0261. The zero-order chi connectivity index (χ0) is 55.0. The third kappa shape index (κ3) is 61.7. The third-order valence-corrected chi connectivity index (χ3v) is 14.4. The van der Waals surface area contributed by atoms with E-state index >= 15 is 0 Å². The van der Waals surface area contributed by atoms with Gasteiger partial charge in [0.1, 0.15) is 13.2 Å². The molecule has 0 rings (SSSR count).